The van der Waals surface area contributed by atoms with Gasteiger partial charge in [-0.2, -0.15) is 5.26 Å². The molecule has 1 amide bonds. The molecule has 0 atom stereocenters. The molecule has 0 heterocycles. The van der Waals surface area contributed by atoms with Crippen molar-refractivity contribution in [3.8, 4) is 6.07 Å². The number of nitrogens with one attached hydrogen (secondary N) is 1. The SMILES string of the molecule is CC(O)=C(C#N)C(=O)NCCCCC(=O)O. The lowest BCUT2D eigenvalue weighted by molar-refractivity contribution is -0.137. The zero-order valence-electron chi connectivity index (χ0n) is 8.99. The lowest BCUT2D eigenvalue weighted by atomic mass is 10.2. The van der Waals surface area contributed by atoms with Crippen molar-refractivity contribution in [1.29, 1.82) is 5.26 Å². The first-order valence-electron chi connectivity index (χ1n) is 4.79. The number of carbonyl (C=O) groups excluding carboxylic acids is 1. The van der Waals surface area contributed by atoms with Crippen LogP contribution in [0.15, 0.2) is 11.3 Å². The van der Waals surface area contributed by atoms with Crippen LogP contribution in [0.5, 0.6) is 0 Å². The molecule has 0 bridgehead atoms. The molecular formula is C10H14N2O4. The van der Waals surface area contributed by atoms with E-state index < -0.39 is 11.9 Å². The fourth-order valence-corrected chi connectivity index (χ4v) is 0.988. The molecule has 0 fully saturated rings. The summed E-state index contributed by atoms with van der Waals surface area (Å²) in [6.45, 7) is 1.53. The fraction of sp³-hybridized carbons (Fsp3) is 0.500. The highest BCUT2D eigenvalue weighted by molar-refractivity contribution is 5.97. The zero-order chi connectivity index (χ0) is 12.6. The zero-order valence-corrected chi connectivity index (χ0v) is 8.99. The molecular weight excluding hydrogens is 212 g/mol. The highest BCUT2D eigenvalue weighted by atomic mass is 16.4. The van der Waals surface area contributed by atoms with Gasteiger partial charge >= 0.3 is 5.97 Å². The average molecular weight is 226 g/mol. The number of carboxylic acids is 1. The van der Waals surface area contributed by atoms with Gasteiger partial charge in [-0.3, -0.25) is 9.59 Å². The van der Waals surface area contributed by atoms with Crippen molar-refractivity contribution in [2.24, 2.45) is 0 Å². The van der Waals surface area contributed by atoms with Gasteiger partial charge in [-0.05, 0) is 19.8 Å². The van der Waals surface area contributed by atoms with Crippen molar-refractivity contribution < 1.29 is 19.8 Å². The van der Waals surface area contributed by atoms with Gasteiger partial charge in [0.05, 0.1) is 0 Å². The summed E-state index contributed by atoms with van der Waals surface area (Å²) in [6.07, 6.45) is 1.02. The molecule has 0 aromatic rings. The monoisotopic (exact) mass is 226 g/mol. The first kappa shape index (κ1) is 14.0. The second-order valence-electron chi connectivity index (χ2n) is 3.18. The van der Waals surface area contributed by atoms with Gasteiger partial charge in [0.1, 0.15) is 11.8 Å². The van der Waals surface area contributed by atoms with Crippen LogP contribution >= 0.6 is 0 Å². The van der Waals surface area contributed by atoms with E-state index in [1.807, 2.05) is 0 Å². The van der Waals surface area contributed by atoms with Crippen LogP contribution in [0.4, 0.5) is 0 Å². The second-order valence-corrected chi connectivity index (χ2v) is 3.18. The summed E-state index contributed by atoms with van der Waals surface area (Å²) in [5.74, 6) is -1.85. The molecule has 0 aliphatic rings. The Labute approximate surface area is 93.2 Å². The van der Waals surface area contributed by atoms with Crippen LogP contribution in [0.1, 0.15) is 26.2 Å². The van der Waals surface area contributed by atoms with Crippen LogP contribution in [-0.2, 0) is 9.59 Å². The summed E-state index contributed by atoms with van der Waals surface area (Å²) in [4.78, 5) is 21.4. The number of rotatable bonds is 6. The van der Waals surface area contributed by atoms with E-state index in [0.717, 1.165) is 0 Å². The summed E-state index contributed by atoms with van der Waals surface area (Å²) < 4.78 is 0. The molecule has 6 nitrogen and oxygen atoms in total. The van der Waals surface area contributed by atoms with E-state index in [4.69, 9.17) is 15.5 Å². The number of carboxylic acid groups (broad SMARTS) is 1. The van der Waals surface area contributed by atoms with Crippen LogP contribution in [0, 0.1) is 11.3 Å². The van der Waals surface area contributed by atoms with E-state index in [9.17, 15) is 9.59 Å². The van der Waals surface area contributed by atoms with Gasteiger partial charge in [-0.1, -0.05) is 0 Å². The standard InChI is InChI=1S/C10H14N2O4/c1-7(13)8(6-11)10(16)12-5-3-2-4-9(14)15/h13H,2-5H2,1H3,(H,12,16)(H,14,15). The Kier molecular flexibility index (Phi) is 6.36. The van der Waals surface area contributed by atoms with Crippen molar-refractivity contribution in [2.45, 2.75) is 26.2 Å². The minimum Gasteiger partial charge on any atom is -0.511 e. The van der Waals surface area contributed by atoms with Crippen LogP contribution in [0.25, 0.3) is 0 Å². The highest BCUT2D eigenvalue weighted by Gasteiger charge is 2.11. The molecule has 0 aromatic heterocycles. The van der Waals surface area contributed by atoms with Crippen LogP contribution in [0.3, 0.4) is 0 Å². The number of nitrogens with zero attached hydrogens (tertiary/aromatic N) is 1. The summed E-state index contributed by atoms with van der Waals surface area (Å²) in [6, 6.07) is 1.58. The van der Waals surface area contributed by atoms with E-state index >= 15 is 0 Å². The fourth-order valence-electron chi connectivity index (χ4n) is 0.988. The van der Waals surface area contributed by atoms with Gasteiger partial charge in [0.2, 0.25) is 0 Å². The molecule has 6 heteroatoms. The Morgan fingerprint density at radius 3 is 2.38 bits per heavy atom. The number of nitriles is 1. The van der Waals surface area contributed by atoms with Gasteiger partial charge in [-0.15, -0.1) is 0 Å². The average Bonchev–Trinajstić information content (AvgIpc) is 2.17. The van der Waals surface area contributed by atoms with Gasteiger partial charge < -0.3 is 15.5 Å². The minimum absolute atomic E-state index is 0.0514. The van der Waals surface area contributed by atoms with E-state index in [-0.39, 0.29) is 24.3 Å². The largest absolute Gasteiger partial charge is 0.511 e. The molecule has 3 N–H and O–H groups in total. The number of hydrogen-bond donors (Lipinski definition) is 3. The molecule has 0 unspecified atom stereocenters. The summed E-state index contributed by atoms with van der Waals surface area (Å²) in [5, 5.41) is 28.3. The van der Waals surface area contributed by atoms with Gasteiger partial charge in [0.15, 0.2) is 5.57 Å². The molecule has 0 saturated heterocycles. The lowest BCUT2D eigenvalue weighted by Crippen LogP contribution is -2.26. The second kappa shape index (κ2) is 7.29. The van der Waals surface area contributed by atoms with Crippen molar-refractivity contribution in [3.63, 3.8) is 0 Å². The van der Waals surface area contributed by atoms with E-state index in [1.54, 1.807) is 6.07 Å². The number of carbonyl (C=O) groups is 2. The normalized spacial score (nSPS) is 11.2. The molecule has 0 saturated carbocycles. The van der Waals surface area contributed by atoms with Gasteiger partial charge in [0.25, 0.3) is 5.91 Å². The predicted molar refractivity (Wildman–Crippen MR) is 55.4 cm³/mol. The Balaban J connectivity index is 3.88. The Morgan fingerprint density at radius 2 is 1.94 bits per heavy atom. The first-order valence-corrected chi connectivity index (χ1v) is 4.79. The molecule has 0 radical (unpaired) electrons. The number of aliphatic hydroxyl groups is 1. The smallest absolute Gasteiger partial charge is 0.303 e. The minimum atomic E-state index is -0.880. The van der Waals surface area contributed by atoms with Crippen molar-refractivity contribution in [1.82, 2.24) is 5.32 Å². The molecule has 16 heavy (non-hydrogen) atoms. The van der Waals surface area contributed by atoms with Crippen LogP contribution in [-0.4, -0.2) is 28.6 Å². The molecule has 0 aromatic carbocycles. The number of aliphatic hydroxyl groups excluding tert-OH is 1. The van der Waals surface area contributed by atoms with Crippen molar-refractivity contribution in [2.75, 3.05) is 6.54 Å². The Hall–Kier alpha value is -2.03. The molecule has 88 valence electrons. The quantitative estimate of drug-likeness (QED) is 0.267. The molecule has 0 aliphatic carbocycles. The van der Waals surface area contributed by atoms with Crippen molar-refractivity contribution >= 4 is 11.9 Å². The third-order valence-electron chi connectivity index (χ3n) is 1.80. The van der Waals surface area contributed by atoms with E-state index in [0.29, 0.717) is 12.8 Å². The van der Waals surface area contributed by atoms with Gasteiger partial charge in [0, 0.05) is 13.0 Å². The third kappa shape index (κ3) is 5.65. The number of allylic oxidation sites excluding steroid dienone is 1. The summed E-state index contributed by atoms with van der Waals surface area (Å²) in [5.41, 5.74) is -0.321. The van der Waals surface area contributed by atoms with Crippen molar-refractivity contribution in [3.05, 3.63) is 11.3 Å². The maximum atomic E-state index is 11.2. The van der Waals surface area contributed by atoms with Crippen LogP contribution in [0.2, 0.25) is 0 Å². The summed E-state index contributed by atoms with van der Waals surface area (Å²) >= 11 is 0. The Morgan fingerprint density at radius 1 is 1.31 bits per heavy atom. The number of hydrogen-bond acceptors (Lipinski definition) is 4. The molecule has 0 rings (SSSR count). The topological polar surface area (TPSA) is 110 Å². The van der Waals surface area contributed by atoms with E-state index in [2.05, 4.69) is 5.32 Å². The number of aliphatic carboxylic acids is 1. The first-order chi connectivity index (χ1) is 7.49. The predicted octanol–water partition coefficient (Wildman–Crippen LogP) is 0.713. The van der Waals surface area contributed by atoms with Gasteiger partial charge in [-0.25, -0.2) is 0 Å². The van der Waals surface area contributed by atoms with E-state index in [1.165, 1.54) is 6.92 Å². The lowest BCUT2D eigenvalue weighted by Gasteiger charge is -2.03. The molecule has 0 aliphatic heterocycles. The van der Waals surface area contributed by atoms with Crippen LogP contribution < -0.4 is 5.32 Å². The summed E-state index contributed by atoms with van der Waals surface area (Å²) in [7, 11) is 0. The Bertz CT molecular complexity index is 337. The maximum absolute atomic E-state index is 11.2. The third-order valence-corrected chi connectivity index (χ3v) is 1.80. The number of unbranched alkanes of at least 4 members (excludes halogenated alkanes) is 1. The maximum Gasteiger partial charge on any atom is 0.303 e. The molecule has 0 spiro atoms. The number of amides is 1. The highest BCUT2D eigenvalue weighted by Crippen LogP contribution is 1.99.